The van der Waals surface area contributed by atoms with Crippen molar-refractivity contribution in [2.75, 3.05) is 0 Å². The van der Waals surface area contributed by atoms with Gasteiger partial charge in [-0.3, -0.25) is 19.9 Å². The molecule has 0 aliphatic carbocycles. The van der Waals surface area contributed by atoms with E-state index in [9.17, 15) is 39.6 Å². The van der Waals surface area contributed by atoms with E-state index >= 15 is 0 Å². The molecule has 0 atom stereocenters. The first-order valence-electron chi connectivity index (χ1n) is 16.5. The monoisotopic (exact) mass is 870 g/mol. The van der Waals surface area contributed by atoms with Gasteiger partial charge in [0, 0.05) is 24.8 Å². The molecular formula is C44H32Cu2N4O8. The van der Waals surface area contributed by atoms with Gasteiger partial charge in [-0.15, -0.1) is 0 Å². The van der Waals surface area contributed by atoms with Crippen molar-refractivity contribution in [1.82, 2.24) is 19.9 Å². The zero-order valence-electron chi connectivity index (χ0n) is 30.1. The van der Waals surface area contributed by atoms with E-state index in [0.29, 0.717) is 0 Å². The van der Waals surface area contributed by atoms with Crippen molar-refractivity contribution >= 4 is 45.9 Å². The second-order valence-corrected chi connectivity index (χ2v) is 10.7. The van der Waals surface area contributed by atoms with Crippen LogP contribution < -0.4 is 20.4 Å². The first kappa shape index (κ1) is 48.9. The Labute approximate surface area is 354 Å². The molecule has 14 heteroatoms. The second kappa shape index (κ2) is 28.3. The van der Waals surface area contributed by atoms with Gasteiger partial charge in [-0.25, -0.2) is 0 Å². The third-order valence-corrected chi connectivity index (χ3v) is 6.79. The van der Waals surface area contributed by atoms with Crippen LogP contribution in [-0.4, -0.2) is 43.8 Å². The summed E-state index contributed by atoms with van der Waals surface area (Å²) in [5.74, 6) is -4.52. The number of carbonyl (C=O) groups excluding carboxylic acids is 4. The van der Waals surface area contributed by atoms with E-state index in [4.69, 9.17) is 0 Å². The van der Waals surface area contributed by atoms with Gasteiger partial charge in [0.1, 0.15) is 0 Å². The smallest absolute Gasteiger partial charge is 0.545 e. The maximum atomic E-state index is 10.1. The summed E-state index contributed by atoms with van der Waals surface area (Å²) in [4.78, 5) is 56.8. The van der Waals surface area contributed by atoms with E-state index < -0.39 is 23.9 Å². The molecule has 2 radical (unpaired) electrons. The number of nitrogens with zero attached hydrogens (tertiary/aromatic N) is 4. The topological polar surface area (TPSA) is 212 Å². The van der Waals surface area contributed by atoms with Crippen LogP contribution in [0.5, 0.6) is 0 Å². The molecule has 0 N–H and O–H groups in total. The summed E-state index contributed by atoms with van der Waals surface area (Å²) in [7, 11) is 0. The number of benzene rings is 6. The number of fused-ring (bicyclic) bond motifs is 2. The van der Waals surface area contributed by atoms with Crippen LogP contribution in [0.1, 0.15) is 41.4 Å². The summed E-state index contributed by atoms with van der Waals surface area (Å²) >= 11 is 0. The molecule has 298 valence electrons. The predicted octanol–water partition coefficient (Wildman–Crippen LogP) is 3.46. The number of aromatic carboxylic acids is 4. The number of hydrogen-bond acceptors (Lipinski definition) is 12. The van der Waals surface area contributed by atoms with Crippen molar-refractivity contribution in [3.8, 4) is 0 Å². The van der Waals surface area contributed by atoms with Crippen LogP contribution in [0.4, 0.5) is 0 Å². The van der Waals surface area contributed by atoms with Crippen LogP contribution >= 0.6 is 0 Å². The molecule has 0 aliphatic heterocycles. The van der Waals surface area contributed by atoms with Crippen molar-refractivity contribution in [3.63, 3.8) is 0 Å². The van der Waals surface area contributed by atoms with Crippen LogP contribution in [0.15, 0.2) is 195 Å². The number of carboxylic acids is 4. The third kappa shape index (κ3) is 19.0. The fourth-order valence-corrected chi connectivity index (χ4v) is 4.12. The Morgan fingerprint density at radius 1 is 0.276 bits per heavy atom. The minimum atomic E-state index is -1.13. The zero-order chi connectivity index (χ0) is 40.4. The van der Waals surface area contributed by atoms with Crippen molar-refractivity contribution in [1.29, 1.82) is 0 Å². The molecule has 0 unspecified atom stereocenters. The average Bonchev–Trinajstić information content (AvgIpc) is 3.26. The van der Waals surface area contributed by atoms with Gasteiger partial charge in [0.05, 0.1) is 45.9 Å². The summed E-state index contributed by atoms with van der Waals surface area (Å²) in [5, 5.41) is 40.4. The molecule has 0 saturated heterocycles. The maximum Gasteiger partial charge on any atom is 2.00 e. The minimum absolute atomic E-state index is 0. The van der Waals surface area contributed by atoms with E-state index in [-0.39, 0.29) is 56.4 Å². The number of hydrogen-bond donors (Lipinski definition) is 0. The van der Waals surface area contributed by atoms with Gasteiger partial charge in [-0.05, 0) is 46.5 Å². The van der Waals surface area contributed by atoms with Gasteiger partial charge in [0.15, 0.2) is 0 Å². The molecular weight excluding hydrogens is 840 g/mol. The van der Waals surface area contributed by atoms with Gasteiger partial charge >= 0.3 is 34.1 Å². The molecule has 0 spiro atoms. The summed E-state index contributed by atoms with van der Waals surface area (Å²) in [6.07, 6.45) is 6.79. The van der Waals surface area contributed by atoms with Crippen LogP contribution in [0.2, 0.25) is 0 Å². The SMILES string of the molecule is O=C([O-])c1ccccc1.O=C([O-])c1ccccc1.O=C([O-])c1ccccc1.O=C([O-])c1ccccc1.[Cu+2].[Cu+2].c1ccc2nccnc2c1.c1ccc2nccnc2c1. The molecule has 58 heavy (non-hydrogen) atoms. The number of carbonyl (C=O) groups is 4. The van der Waals surface area contributed by atoms with Gasteiger partial charge in [-0.2, -0.15) is 0 Å². The van der Waals surface area contributed by atoms with Crippen LogP contribution in [0.25, 0.3) is 22.1 Å². The van der Waals surface area contributed by atoms with E-state index in [1.54, 1.807) is 97.6 Å². The third-order valence-electron chi connectivity index (χ3n) is 6.79. The van der Waals surface area contributed by atoms with E-state index in [1.165, 1.54) is 48.5 Å². The first-order valence-corrected chi connectivity index (χ1v) is 16.5. The van der Waals surface area contributed by atoms with E-state index in [2.05, 4.69) is 19.9 Å². The molecule has 0 bridgehead atoms. The molecule has 0 aliphatic rings. The van der Waals surface area contributed by atoms with Crippen molar-refractivity contribution in [2.24, 2.45) is 0 Å². The van der Waals surface area contributed by atoms with Crippen LogP contribution in [0.3, 0.4) is 0 Å². The molecule has 2 aromatic heterocycles. The van der Waals surface area contributed by atoms with E-state index in [1.807, 2.05) is 48.5 Å². The molecule has 6 aromatic carbocycles. The fraction of sp³-hybridized carbons (Fsp3) is 0. The normalized spacial score (nSPS) is 8.97. The Hall–Kier alpha value is -7.08. The van der Waals surface area contributed by atoms with Gasteiger partial charge < -0.3 is 39.6 Å². The maximum absolute atomic E-state index is 10.1. The van der Waals surface area contributed by atoms with E-state index in [0.717, 1.165) is 22.1 Å². The molecule has 8 rings (SSSR count). The Balaban J connectivity index is 0.000000346. The summed E-state index contributed by atoms with van der Waals surface area (Å²) in [5.41, 5.74) is 4.68. The average molecular weight is 872 g/mol. The Morgan fingerprint density at radius 3 is 0.569 bits per heavy atom. The number of rotatable bonds is 4. The summed E-state index contributed by atoms with van der Waals surface area (Å²) in [6.45, 7) is 0. The summed E-state index contributed by atoms with van der Waals surface area (Å²) < 4.78 is 0. The van der Waals surface area contributed by atoms with Gasteiger partial charge in [0.25, 0.3) is 0 Å². The largest absolute Gasteiger partial charge is 2.00 e. The fourth-order valence-electron chi connectivity index (χ4n) is 4.12. The number of carboxylic acid groups (broad SMARTS) is 4. The molecule has 2 heterocycles. The molecule has 12 nitrogen and oxygen atoms in total. The molecule has 8 aromatic rings. The Morgan fingerprint density at radius 2 is 0.431 bits per heavy atom. The number of para-hydroxylation sites is 4. The Bertz CT molecular complexity index is 2000. The minimum Gasteiger partial charge on any atom is -0.545 e. The Kier molecular flexibility index (Phi) is 23.9. The van der Waals surface area contributed by atoms with Crippen molar-refractivity contribution < 1.29 is 73.7 Å². The molecule has 0 amide bonds. The predicted molar refractivity (Wildman–Crippen MR) is 202 cm³/mol. The standard InChI is InChI=1S/2C8H6N2.4C7H6O2.2Cu/c2*1-2-4-8-7(3-1)9-5-6-10-8;4*8-7(9)6-4-2-1-3-5-6;;/h2*1-6H;4*1-5H,(H,8,9);;/q;;;;;;2*+2/p-4. The van der Waals surface area contributed by atoms with Crippen molar-refractivity contribution in [3.05, 3.63) is 217 Å². The molecule has 0 fully saturated rings. The summed E-state index contributed by atoms with van der Waals surface area (Å²) in [6, 6.07) is 47.9. The quantitative estimate of drug-likeness (QED) is 0.233. The van der Waals surface area contributed by atoms with Crippen LogP contribution in [0, 0.1) is 0 Å². The number of aromatic nitrogens is 4. The second-order valence-electron chi connectivity index (χ2n) is 10.7. The molecule has 0 saturated carbocycles. The zero-order valence-corrected chi connectivity index (χ0v) is 32.0. The van der Waals surface area contributed by atoms with Gasteiger partial charge in [-0.1, -0.05) is 146 Å². The van der Waals surface area contributed by atoms with Gasteiger partial charge in [0.2, 0.25) is 0 Å². The van der Waals surface area contributed by atoms with Crippen LogP contribution in [-0.2, 0) is 34.1 Å². The first-order chi connectivity index (χ1) is 27.2. The van der Waals surface area contributed by atoms with Crippen molar-refractivity contribution in [2.45, 2.75) is 0 Å².